The summed E-state index contributed by atoms with van der Waals surface area (Å²) in [6.07, 6.45) is 0. The molecule has 2 nitrogen and oxygen atoms in total. The largest absolute Gasteiger partial charge is 0.422 e. The summed E-state index contributed by atoms with van der Waals surface area (Å²) in [7, 11) is 0. The molecular weight excluding hydrogens is 305 g/mol. The molecule has 7 heteroatoms. The molecule has 0 saturated carbocycles. The van der Waals surface area contributed by atoms with Crippen LogP contribution >= 0.6 is 58.0 Å². The molecule has 0 atom stereocenters. The Morgan fingerprint density at radius 3 is 2.27 bits per heavy atom. The summed E-state index contributed by atoms with van der Waals surface area (Å²) in [6, 6.07) is 1.33. The number of hydrogen-bond donors (Lipinski definition) is 0. The molecule has 0 saturated heterocycles. The van der Waals surface area contributed by atoms with Gasteiger partial charge in [-0.25, -0.2) is 0 Å². The Balaban J connectivity index is 3.18. The van der Waals surface area contributed by atoms with Crippen LogP contribution in [0.4, 0.5) is 0 Å². The van der Waals surface area contributed by atoms with Crippen LogP contribution in [0.3, 0.4) is 0 Å². The van der Waals surface area contributed by atoms with E-state index in [0.29, 0.717) is 0 Å². The monoisotopic (exact) mass is 306 g/mol. The van der Waals surface area contributed by atoms with Gasteiger partial charge in [-0.1, -0.05) is 46.4 Å². The van der Waals surface area contributed by atoms with Crippen molar-refractivity contribution >= 4 is 64.0 Å². The van der Waals surface area contributed by atoms with Gasteiger partial charge in [0.1, 0.15) is 10.9 Å². The molecule has 1 aromatic rings. The van der Waals surface area contributed by atoms with Crippen LogP contribution in [0.1, 0.15) is 0 Å². The SMILES string of the molecule is O=C(CCl)Oc1c(Cl)cc(Cl)c(Cl)c1Cl. The van der Waals surface area contributed by atoms with Crippen molar-refractivity contribution in [1.29, 1.82) is 0 Å². The normalized spacial score (nSPS) is 10.2. The Morgan fingerprint density at radius 2 is 1.73 bits per heavy atom. The molecule has 0 spiro atoms. The summed E-state index contributed by atoms with van der Waals surface area (Å²) in [4.78, 5) is 10.9. The van der Waals surface area contributed by atoms with Crippen LogP contribution in [0, 0.1) is 0 Å². The maximum absolute atomic E-state index is 10.9. The Morgan fingerprint density at radius 1 is 1.13 bits per heavy atom. The van der Waals surface area contributed by atoms with E-state index in [9.17, 15) is 4.79 Å². The predicted molar refractivity (Wildman–Crippen MR) is 62.8 cm³/mol. The van der Waals surface area contributed by atoms with Gasteiger partial charge in [-0.05, 0) is 6.07 Å². The zero-order chi connectivity index (χ0) is 11.6. The fourth-order valence-electron chi connectivity index (χ4n) is 0.784. The fourth-order valence-corrected chi connectivity index (χ4v) is 1.82. The van der Waals surface area contributed by atoms with Crippen LogP contribution in [0.2, 0.25) is 20.1 Å². The van der Waals surface area contributed by atoms with E-state index in [1.807, 2.05) is 0 Å². The Hall–Kier alpha value is 0.140. The standard InChI is InChI=1S/C8H3Cl5O2/c9-2-5(14)15-8-4(11)1-3(10)6(12)7(8)13/h1H,2H2. The number of benzene rings is 1. The third-order valence-electron chi connectivity index (χ3n) is 1.40. The smallest absolute Gasteiger partial charge is 0.326 e. The Kier molecular flexibility index (Phi) is 4.81. The number of ether oxygens (including phenoxy) is 1. The maximum atomic E-state index is 10.9. The van der Waals surface area contributed by atoms with Crippen molar-refractivity contribution < 1.29 is 9.53 Å². The Bertz CT molecular complexity index is 405. The predicted octanol–water partition coefficient (Wildman–Crippen LogP) is 4.44. The fraction of sp³-hybridized carbons (Fsp3) is 0.125. The van der Waals surface area contributed by atoms with Gasteiger partial charge in [0, 0.05) is 0 Å². The Labute approximate surface area is 111 Å². The van der Waals surface area contributed by atoms with E-state index in [1.165, 1.54) is 6.07 Å². The highest BCUT2D eigenvalue weighted by atomic mass is 35.5. The van der Waals surface area contributed by atoms with Gasteiger partial charge in [-0.15, -0.1) is 11.6 Å². The number of rotatable bonds is 2. The van der Waals surface area contributed by atoms with Crippen molar-refractivity contribution in [2.24, 2.45) is 0 Å². The van der Waals surface area contributed by atoms with Crippen LogP contribution in [0.25, 0.3) is 0 Å². The van der Waals surface area contributed by atoms with Gasteiger partial charge in [-0.3, -0.25) is 4.79 Å². The molecular formula is C8H3Cl5O2. The van der Waals surface area contributed by atoms with Gasteiger partial charge in [-0.2, -0.15) is 0 Å². The zero-order valence-corrected chi connectivity index (χ0v) is 10.8. The maximum Gasteiger partial charge on any atom is 0.326 e. The van der Waals surface area contributed by atoms with Crippen LogP contribution in [0.5, 0.6) is 5.75 Å². The molecule has 0 amide bonds. The average molecular weight is 308 g/mol. The van der Waals surface area contributed by atoms with E-state index in [-0.39, 0.29) is 31.7 Å². The molecule has 82 valence electrons. The first-order chi connectivity index (χ1) is 6.97. The van der Waals surface area contributed by atoms with E-state index in [4.69, 9.17) is 62.7 Å². The minimum absolute atomic E-state index is 0.0207. The third kappa shape index (κ3) is 3.05. The summed E-state index contributed by atoms with van der Waals surface area (Å²) in [5.74, 6) is -1.04. The summed E-state index contributed by atoms with van der Waals surface area (Å²) < 4.78 is 4.78. The number of esters is 1. The molecule has 0 aromatic heterocycles. The van der Waals surface area contributed by atoms with Crippen LogP contribution in [-0.4, -0.2) is 11.8 Å². The summed E-state index contributed by atoms with van der Waals surface area (Å²) in [5.41, 5.74) is 0. The molecule has 0 heterocycles. The van der Waals surface area contributed by atoms with E-state index < -0.39 is 5.97 Å². The molecule has 0 aliphatic rings. The van der Waals surface area contributed by atoms with E-state index in [2.05, 4.69) is 0 Å². The van der Waals surface area contributed by atoms with Crippen molar-refractivity contribution in [3.63, 3.8) is 0 Å². The lowest BCUT2D eigenvalue weighted by molar-refractivity contribution is -0.131. The number of carbonyl (C=O) groups is 1. The third-order valence-corrected chi connectivity index (χ3v) is 3.14. The van der Waals surface area contributed by atoms with Crippen molar-refractivity contribution in [3.05, 3.63) is 26.2 Å². The topological polar surface area (TPSA) is 26.3 Å². The first-order valence-electron chi connectivity index (χ1n) is 3.57. The minimum atomic E-state index is -0.682. The second kappa shape index (κ2) is 5.46. The molecule has 1 rings (SSSR count). The molecule has 1 aromatic carbocycles. The van der Waals surface area contributed by atoms with Crippen LogP contribution in [0.15, 0.2) is 6.07 Å². The van der Waals surface area contributed by atoms with Crippen molar-refractivity contribution in [1.82, 2.24) is 0 Å². The van der Waals surface area contributed by atoms with Gasteiger partial charge < -0.3 is 4.74 Å². The van der Waals surface area contributed by atoms with Gasteiger partial charge in [0.2, 0.25) is 0 Å². The second-order valence-corrected chi connectivity index (χ2v) is 4.24. The summed E-state index contributed by atoms with van der Waals surface area (Å²) in [6.45, 7) is 0. The van der Waals surface area contributed by atoms with Crippen molar-refractivity contribution in [2.75, 3.05) is 5.88 Å². The highest BCUT2D eigenvalue weighted by Crippen LogP contribution is 2.42. The molecule has 0 fully saturated rings. The average Bonchev–Trinajstić information content (AvgIpc) is 2.21. The highest BCUT2D eigenvalue weighted by Gasteiger charge is 2.17. The van der Waals surface area contributed by atoms with Crippen molar-refractivity contribution in [2.45, 2.75) is 0 Å². The first-order valence-corrected chi connectivity index (χ1v) is 5.61. The number of hydrogen-bond acceptors (Lipinski definition) is 2. The lowest BCUT2D eigenvalue weighted by Gasteiger charge is -2.09. The molecule has 0 aliphatic carbocycles. The van der Waals surface area contributed by atoms with Crippen molar-refractivity contribution in [3.8, 4) is 5.75 Å². The molecule has 0 radical (unpaired) electrons. The van der Waals surface area contributed by atoms with Gasteiger partial charge in [0.25, 0.3) is 0 Å². The van der Waals surface area contributed by atoms with Gasteiger partial charge >= 0.3 is 5.97 Å². The lowest BCUT2D eigenvalue weighted by Crippen LogP contribution is -2.09. The molecule has 0 unspecified atom stereocenters. The second-order valence-electron chi connectivity index (χ2n) is 2.41. The summed E-state index contributed by atoms with van der Waals surface area (Å²) in [5, 5.41) is 0.318. The van der Waals surface area contributed by atoms with E-state index in [1.54, 1.807) is 0 Å². The molecule has 0 bridgehead atoms. The number of carbonyl (C=O) groups excluding carboxylic acids is 1. The lowest BCUT2D eigenvalue weighted by atomic mass is 10.3. The van der Waals surface area contributed by atoms with E-state index in [0.717, 1.165) is 0 Å². The molecule has 15 heavy (non-hydrogen) atoms. The quantitative estimate of drug-likeness (QED) is 0.265. The summed E-state index contributed by atoms with van der Waals surface area (Å²) >= 11 is 28.2. The number of halogens is 5. The zero-order valence-electron chi connectivity index (χ0n) is 6.99. The molecule has 0 N–H and O–H groups in total. The highest BCUT2D eigenvalue weighted by molar-refractivity contribution is 6.50. The first kappa shape index (κ1) is 13.2. The molecule has 0 aliphatic heterocycles. The van der Waals surface area contributed by atoms with Crippen LogP contribution < -0.4 is 4.74 Å². The van der Waals surface area contributed by atoms with E-state index >= 15 is 0 Å². The minimum Gasteiger partial charge on any atom is -0.422 e. The van der Waals surface area contributed by atoms with Gasteiger partial charge in [0.05, 0.1) is 15.1 Å². The van der Waals surface area contributed by atoms with Gasteiger partial charge in [0.15, 0.2) is 5.75 Å². The van der Waals surface area contributed by atoms with Crippen LogP contribution in [-0.2, 0) is 4.79 Å². The number of alkyl halides is 1.